The highest BCUT2D eigenvalue weighted by Gasteiger charge is 2.57. The average molecular weight is 197 g/mol. The zero-order valence-electron chi connectivity index (χ0n) is 8.23. The van der Waals surface area contributed by atoms with Crippen LogP contribution in [0.15, 0.2) is 0 Å². The predicted octanol–water partition coefficient (Wildman–Crippen LogP) is 0.0673. The van der Waals surface area contributed by atoms with Crippen molar-refractivity contribution in [1.29, 1.82) is 0 Å². The van der Waals surface area contributed by atoms with Gasteiger partial charge >= 0.3 is 5.97 Å². The summed E-state index contributed by atoms with van der Waals surface area (Å²) in [5, 5.41) is 3.33. The molecule has 0 aromatic heterocycles. The van der Waals surface area contributed by atoms with E-state index in [0.717, 1.165) is 12.8 Å². The second kappa shape index (κ2) is 2.94. The smallest absolute Gasteiger partial charge is 0.323 e. The maximum Gasteiger partial charge on any atom is 0.323 e. The third-order valence-electron chi connectivity index (χ3n) is 3.63. The number of esters is 1. The molecule has 1 saturated carbocycles. The Bertz CT molecular complexity index is 262. The first-order valence-electron chi connectivity index (χ1n) is 5.37. The predicted molar refractivity (Wildman–Crippen MR) is 48.7 cm³/mol. The number of carbonyl (C=O) groups is 1. The van der Waals surface area contributed by atoms with E-state index in [4.69, 9.17) is 9.47 Å². The Hall–Kier alpha value is -0.610. The third-order valence-corrected chi connectivity index (χ3v) is 3.63. The zero-order valence-corrected chi connectivity index (χ0v) is 8.23. The number of ether oxygens (including phenoxy) is 2. The molecule has 4 aliphatic rings. The van der Waals surface area contributed by atoms with Gasteiger partial charge in [-0.05, 0) is 13.3 Å². The quantitative estimate of drug-likeness (QED) is 0.636. The van der Waals surface area contributed by atoms with Gasteiger partial charge in [-0.2, -0.15) is 0 Å². The second-order valence-electron chi connectivity index (χ2n) is 4.35. The number of rotatable bonds is 2. The molecule has 14 heavy (non-hydrogen) atoms. The Morgan fingerprint density at radius 2 is 2.29 bits per heavy atom. The monoisotopic (exact) mass is 197 g/mol. The van der Waals surface area contributed by atoms with Gasteiger partial charge in [0, 0.05) is 18.4 Å². The lowest BCUT2D eigenvalue weighted by Crippen LogP contribution is -2.53. The molecule has 78 valence electrons. The standard InChI is InChI=1S/C10H15NO3/c1-2-13-10(12)9-5-3-6(11-9)8-4-7(5)14-8/h5-9,11H,2-4H2,1H3/t5?,6-,7-,8?,9?/m0/s1. The van der Waals surface area contributed by atoms with Gasteiger partial charge in [-0.25, -0.2) is 0 Å². The fraction of sp³-hybridized carbons (Fsp3) is 0.900. The van der Waals surface area contributed by atoms with E-state index in [9.17, 15) is 4.79 Å². The van der Waals surface area contributed by atoms with Gasteiger partial charge in [-0.1, -0.05) is 0 Å². The highest BCUT2D eigenvalue weighted by atomic mass is 16.5. The van der Waals surface area contributed by atoms with Crippen molar-refractivity contribution in [3.8, 4) is 0 Å². The minimum atomic E-state index is -0.113. The molecule has 1 aliphatic carbocycles. The van der Waals surface area contributed by atoms with E-state index in [1.165, 1.54) is 0 Å². The van der Waals surface area contributed by atoms with Crippen LogP contribution in [0.4, 0.5) is 0 Å². The molecular formula is C10H15NO3. The fourth-order valence-corrected chi connectivity index (χ4v) is 2.93. The summed E-state index contributed by atoms with van der Waals surface area (Å²) in [5.74, 6) is 0.250. The van der Waals surface area contributed by atoms with Crippen LogP contribution in [0.5, 0.6) is 0 Å². The molecule has 3 aliphatic heterocycles. The number of hydrogen-bond donors (Lipinski definition) is 1. The molecule has 4 rings (SSSR count). The van der Waals surface area contributed by atoms with E-state index >= 15 is 0 Å². The van der Waals surface area contributed by atoms with E-state index in [2.05, 4.69) is 5.32 Å². The Kier molecular flexibility index (Phi) is 1.82. The van der Waals surface area contributed by atoms with Crippen molar-refractivity contribution < 1.29 is 14.3 Å². The first-order valence-corrected chi connectivity index (χ1v) is 5.37. The van der Waals surface area contributed by atoms with E-state index < -0.39 is 0 Å². The van der Waals surface area contributed by atoms with E-state index in [-0.39, 0.29) is 12.0 Å². The molecule has 4 heteroatoms. The van der Waals surface area contributed by atoms with E-state index in [1.807, 2.05) is 6.92 Å². The topological polar surface area (TPSA) is 47.6 Å². The lowest BCUT2D eigenvalue weighted by Gasteiger charge is -2.45. The van der Waals surface area contributed by atoms with Crippen LogP contribution in [0.1, 0.15) is 19.8 Å². The maximum absolute atomic E-state index is 11.6. The van der Waals surface area contributed by atoms with Gasteiger partial charge < -0.3 is 9.47 Å². The first-order chi connectivity index (χ1) is 6.79. The minimum absolute atomic E-state index is 0.101. The van der Waals surface area contributed by atoms with Crippen LogP contribution in [0.2, 0.25) is 0 Å². The van der Waals surface area contributed by atoms with Crippen molar-refractivity contribution in [2.75, 3.05) is 6.61 Å². The van der Waals surface area contributed by atoms with Crippen LogP contribution in [0.25, 0.3) is 0 Å². The highest BCUT2D eigenvalue weighted by molar-refractivity contribution is 5.77. The van der Waals surface area contributed by atoms with Crippen LogP contribution in [-0.4, -0.2) is 36.9 Å². The molecule has 0 amide bonds. The molecular weight excluding hydrogens is 182 g/mol. The van der Waals surface area contributed by atoms with Gasteiger partial charge in [0.05, 0.1) is 18.8 Å². The summed E-state index contributed by atoms with van der Waals surface area (Å²) >= 11 is 0. The van der Waals surface area contributed by atoms with Crippen molar-refractivity contribution in [1.82, 2.24) is 5.32 Å². The van der Waals surface area contributed by atoms with Crippen LogP contribution < -0.4 is 5.32 Å². The van der Waals surface area contributed by atoms with Crippen molar-refractivity contribution in [3.05, 3.63) is 0 Å². The maximum atomic E-state index is 11.6. The van der Waals surface area contributed by atoms with Crippen LogP contribution in [-0.2, 0) is 14.3 Å². The summed E-state index contributed by atoms with van der Waals surface area (Å²) in [6.07, 6.45) is 2.87. The fourth-order valence-electron chi connectivity index (χ4n) is 2.93. The molecule has 5 atom stereocenters. The molecule has 3 saturated heterocycles. The molecule has 3 heterocycles. The lowest BCUT2D eigenvalue weighted by atomic mass is 9.78. The van der Waals surface area contributed by atoms with Crippen LogP contribution >= 0.6 is 0 Å². The summed E-state index contributed by atoms with van der Waals surface area (Å²) in [5.41, 5.74) is 0. The van der Waals surface area contributed by atoms with E-state index in [0.29, 0.717) is 30.8 Å². The van der Waals surface area contributed by atoms with Crippen LogP contribution in [0, 0.1) is 5.92 Å². The third kappa shape index (κ3) is 1.04. The highest BCUT2D eigenvalue weighted by Crippen LogP contribution is 2.45. The molecule has 0 radical (unpaired) electrons. The van der Waals surface area contributed by atoms with Gasteiger partial charge in [0.2, 0.25) is 0 Å². The van der Waals surface area contributed by atoms with Crippen molar-refractivity contribution in [2.24, 2.45) is 5.92 Å². The largest absolute Gasteiger partial charge is 0.465 e. The molecule has 0 aromatic rings. The SMILES string of the molecule is CCOC(=O)C1N[C@H]2CC1[C@@H]1CC2O1. The molecule has 3 unspecified atom stereocenters. The number of nitrogens with one attached hydrogen (secondary N) is 1. The summed E-state index contributed by atoms with van der Waals surface area (Å²) in [6.45, 7) is 2.30. The normalized spacial score (nSPS) is 48.5. The van der Waals surface area contributed by atoms with Crippen LogP contribution in [0.3, 0.4) is 0 Å². The van der Waals surface area contributed by atoms with Gasteiger partial charge in [-0.3, -0.25) is 10.1 Å². The van der Waals surface area contributed by atoms with Gasteiger partial charge in [-0.15, -0.1) is 0 Å². The summed E-state index contributed by atoms with van der Waals surface area (Å²) in [4.78, 5) is 11.6. The molecule has 4 fully saturated rings. The Labute approximate surface area is 82.9 Å². The van der Waals surface area contributed by atoms with Crippen molar-refractivity contribution >= 4 is 5.97 Å². The van der Waals surface area contributed by atoms with Gasteiger partial charge in [0.1, 0.15) is 6.04 Å². The van der Waals surface area contributed by atoms with Crippen molar-refractivity contribution in [3.63, 3.8) is 0 Å². The molecule has 1 N–H and O–H groups in total. The summed E-state index contributed by atoms with van der Waals surface area (Å²) in [7, 11) is 0. The Morgan fingerprint density at radius 1 is 1.50 bits per heavy atom. The number of carbonyl (C=O) groups excluding carboxylic acids is 1. The summed E-state index contributed by atoms with van der Waals surface area (Å²) < 4.78 is 10.7. The minimum Gasteiger partial charge on any atom is -0.465 e. The first kappa shape index (κ1) is 8.68. The molecule has 0 spiro atoms. The van der Waals surface area contributed by atoms with E-state index in [1.54, 1.807) is 0 Å². The summed E-state index contributed by atoms with van der Waals surface area (Å²) in [6, 6.07) is 0.275. The molecule has 4 bridgehead atoms. The zero-order chi connectivity index (χ0) is 9.71. The van der Waals surface area contributed by atoms with Gasteiger partial charge in [0.15, 0.2) is 0 Å². The lowest BCUT2D eigenvalue weighted by molar-refractivity contribution is -0.181. The second-order valence-corrected chi connectivity index (χ2v) is 4.35. The molecule has 4 nitrogen and oxygen atoms in total. The average Bonchev–Trinajstić information content (AvgIpc) is 2.38. The Balaban J connectivity index is 1.74. The van der Waals surface area contributed by atoms with Gasteiger partial charge in [0.25, 0.3) is 0 Å². The number of hydrogen-bond acceptors (Lipinski definition) is 4. The Morgan fingerprint density at radius 3 is 2.93 bits per heavy atom. The molecule has 0 aromatic carbocycles. The van der Waals surface area contributed by atoms with Crippen molar-refractivity contribution in [2.45, 2.75) is 44.1 Å².